The Bertz CT molecular complexity index is 364. The van der Waals surface area contributed by atoms with Gasteiger partial charge in [0.05, 0.1) is 0 Å². The van der Waals surface area contributed by atoms with Crippen LogP contribution in [-0.2, 0) is 0 Å². The summed E-state index contributed by atoms with van der Waals surface area (Å²) < 4.78 is 2.92. The summed E-state index contributed by atoms with van der Waals surface area (Å²) in [6.07, 6.45) is 0. The van der Waals surface area contributed by atoms with E-state index in [9.17, 15) is 0 Å². The van der Waals surface area contributed by atoms with Crippen LogP contribution < -0.4 is 0 Å². The summed E-state index contributed by atoms with van der Waals surface area (Å²) >= 11 is 2.96. The first-order chi connectivity index (χ1) is 5.88. The molecule has 0 atom stereocenters. The van der Waals surface area contributed by atoms with Crippen molar-refractivity contribution < 1.29 is 0 Å². The van der Waals surface area contributed by atoms with Crippen LogP contribution in [0, 0.1) is 3.57 Å². The summed E-state index contributed by atoms with van der Waals surface area (Å²) in [6, 6.07) is 12.8. The molecule has 0 unspecified atom stereocenters. The molecule has 0 nitrogen and oxygen atoms in total. The molecule has 0 saturated heterocycles. The van der Waals surface area contributed by atoms with Crippen molar-refractivity contribution in [3.05, 3.63) is 44.9 Å². The number of rotatable bonds is 1. The minimum atomic E-state index is 0.553. The first kappa shape index (κ1) is 8.54. The van der Waals surface area contributed by atoms with E-state index in [4.69, 9.17) is 0 Å². The predicted octanol–water partition coefficient (Wildman–Crippen LogP) is 3.02. The minimum absolute atomic E-state index is 0.553. The van der Waals surface area contributed by atoms with E-state index in [2.05, 4.69) is 63.9 Å². The number of hydrogen-bond donors (Lipinski definition) is 0. The maximum atomic E-state index is 2.41. The normalized spacial score (nSPS) is 10.1. The molecule has 0 amide bonds. The van der Waals surface area contributed by atoms with Gasteiger partial charge in [-0.2, -0.15) is 0 Å². The molecule has 0 saturated carbocycles. The molecular weight excluding hydrogens is 326 g/mol. The molecule has 0 radical (unpaired) electrons. The fraction of sp³-hybridized carbons (Fsp3) is 0. The molecule has 1 aromatic carbocycles. The third-order valence-corrected chi connectivity index (χ3v) is 5.40. The van der Waals surface area contributed by atoms with Gasteiger partial charge in [0.1, 0.15) is 0 Å². The summed E-state index contributed by atoms with van der Waals surface area (Å²) in [5, 5.41) is 0. The molecule has 0 aliphatic carbocycles. The van der Waals surface area contributed by atoms with Gasteiger partial charge < -0.3 is 0 Å². The molecule has 0 bridgehead atoms. The van der Waals surface area contributed by atoms with Crippen LogP contribution in [0.25, 0.3) is 10.0 Å². The Labute approximate surface area is 91.5 Å². The van der Waals surface area contributed by atoms with Gasteiger partial charge in [0, 0.05) is 0 Å². The van der Waals surface area contributed by atoms with Gasteiger partial charge in [-0.25, -0.2) is 0 Å². The van der Waals surface area contributed by atoms with Gasteiger partial charge in [-0.3, -0.25) is 0 Å². The summed E-state index contributed by atoms with van der Waals surface area (Å²) in [6.45, 7) is 0. The molecule has 0 aliphatic heterocycles. The molecule has 0 aliphatic rings. The van der Waals surface area contributed by atoms with E-state index in [1.807, 2.05) is 0 Å². The average Bonchev–Trinajstić information content (AvgIpc) is 2.53. The second-order valence-electron chi connectivity index (χ2n) is 2.46. The first-order valence-corrected chi connectivity index (χ1v) is 6.59. The predicted molar refractivity (Wildman–Crippen MR) is 61.5 cm³/mol. The van der Waals surface area contributed by atoms with Crippen LogP contribution in [0.4, 0.5) is 0 Å². The van der Waals surface area contributed by atoms with Crippen molar-refractivity contribution in [3.8, 4) is 10.0 Å². The molecule has 2 heteroatoms. The fourth-order valence-electron chi connectivity index (χ4n) is 1.09. The van der Waals surface area contributed by atoms with Crippen molar-refractivity contribution in [2.75, 3.05) is 0 Å². The molecule has 0 spiro atoms. The van der Waals surface area contributed by atoms with Crippen LogP contribution in [0.15, 0.2) is 41.3 Å². The van der Waals surface area contributed by atoms with Crippen LogP contribution in [-0.4, -0.2) is 14.5 Å². The van der Waals surface area contributed by atoms with E-state index in [0.29, 0.717) is 14.5 Å². The van der Waals surface area contributed by atoms with Crippen molar-refractivity contribution in [2.45, 2.75) is 0 Å². The molecule has 2 rings (SSSR count). The second-order valence-corrected chi connectivity index (χ2v) is 5.55. The van der Waals surface area contributed by atoms with E-state index in [1.54, 1.807) is 0 Å². The summed E-state index contributed by atoms with van der Waals surface area (Å²) in [4.78, 5) is 2.27. The zero-order chi connectivity index (χ0) is 8.39. The molecule has 0 fully saturated rings. The SMILES string of the molecule is Ic1cc[se]c1-c1ccccc1. The summed E-state index contributed by atoms with van der Waals surface area (Å²) in [7, 11) is 0. The molecule has 1 heterocycles. The number of hydrogen-bond acceptors (Lipinski definition) is 0. The Hall–Kier alpha value is -0.0505. The van der Waals surface area contributed by atoms with Crippen LogP contribution in [0.3, 0.4) is 0 Å². The fourth-order valence-corrected chi connectivity index (χ4v) is 4.45. The molecule has 0 N–H and O–H groups in total. The molecule has 60 valence electrons. The Morgan fingerprint density at radius 1 is 1.00 bits per heavy atom. The van der Waals surface area contributed by atoms with Gasteiger partial charge in [0.2, 0.25) is 0 Å². The van der Waals surface area contributed by atoms with E-state index < -0.39 is 0 Å². The Morgan fingerprint density at radius 2 is 1.75 bits per heavy atom. The Morgan fingerprint density at radius 3 is 2.33 bits per heavy atom. The second kappa shape index (κ2) is 3.77. The zero-order valence-electron chi connectivity index (χ0n) is 6.33. The first-order valence-electron chi connectivity index (χ1n) is 3.66. The number of halogens is 1. The summed E-state index contributed by atoms with van der Waals surface area (Å²) in [5.74, 6) is 0. The van der Waals surface area contributed by atoms with E-state index >= 15 is 0 Å². The van der Waals surface area contributed by atoms with Crippen LogP contribution in [0.5, 0.6) is 0 Å². The quantitative estimate of drug-likeness (QED) is 0.556. The van der Waals surface area contributed by atoms with Crippen molar-refractivity contribution in [3.63, 3.8) is 0 Å². The maximum absolute atomic E-state index is 2.41. The van der Waals surface area contributed by atoms with Crippen molar-refractivity contribution >= 4 is 37.1 Å². The van der Waals surface area contributed by atoms with Crippen molar-refractivity contribution in [1.82, 2.24) is 0 Å². The van der Waals surface area contributed by atoms with Gasteiger partial charge in [0.15, 0.2) is 0 Å². The van der Waals surface area contributed by atoms with Crippen molar-refractivity contribution in [2.24, 2.45) is 0 Å². The van der Waals surface area contributed by atoms with E-state index in [-0.39, 0.29) is 0 Å². The van der Waals surface area contributed by atoms with Crippen LogP contribution in [0.1, 0.15) is 0 Å². The molecular formula is C10H7ISe. The third-order valence-electron chi connectivity index (χ3n) is 1.65. The van der Waals surface area contributed by atoms with Crippen molar-refractivity contribution in [1.29, 1.82) is 0 Å². The topological polar surface area (TPSA) is 0 Å². The Kier molecular flexibility index (Phi) is 2.69. The van der Waals surface area contributed by atoms with E-state index in [1.165, 1.54) is 13.6 Å². The van der Waals surface area contributed by atoms with Crippen LogP contribution >= 0.6 is 22.6 Å². The van der Waals surface area contributed by atoms with Gasteiger partial charge in [-0.15, -0.1) is 0 Å². The Balaban J connectivity index is 2.51. The van der Waals surface area contributed by atoms with Gasteiger partial charge >= 0.3 is 92.0 Å². The molecule has 1 aromatic heterocycles. The van der Waals surface area contributed by atoms with E-state index in [0.717, 1.165) is 0 Å². The van der Waals surface area contributed by atoms with Crippen LogP contribution in [0.2, 0.25) is 0 Å². The molecule has 12 heavy (non-hydrogen) atoms. The third kappa shape index (κ3) is 1.65. The average molecular weight is 333 g/mol. The van der Waals surface area contributed by atoms with Gasteiger partial charge in [-0.1, -0.05) is 0 Å². The summed E-state index contributed by atoms with van der Waals surface area (Å²) in [5.41, 5.74) is 1.38. The number of benzene rings is 1. The molecule has 2 aromatic rings. The van der Waals surface area contributed by atoms with Gasteiger partial charge in [0.25, 0.3) is 0 Å². The monoisotopic (exact) mass is 334 g/mol. The zero-order valence-corrected chi connectivity index (χ0v) is 10.2. The van der Waals surface area contributed by atoms with Gasteiger partial charge in [-0.05, 0) is 0 Å². The standard InChI is InChI=1S/C10H7ISe/c11-9-6-7-12-10(9)8-4-2-1-3-5-8/h1-7H.